The number of ether oxygens (including phenoxy) is 1. The molecule has 2 unspecified atom stereocenters. The van der Waals surface area contributed by atoms with Crippen LogP contribution < -0.4 is 5.32 Å². The number of unbranched alkanes of at least 4 members (excludes halogenated alkanes) is 54. The van der Waals surface area contributed by atoms with Gasteiger partial charge in [0.15, 0.2) is 0 Å². The number of nitrogens with one attached hydrogen (secondary N) is 1. The predicted molar refractivity (Wildman–Crippen MR) is 343 cm³/mol. The first-order chi connectivity index (χ1) is 38.5. The monoisotopic (exact) mass is 1100 g/mol. The molecule has 0 aromatic rings. The average Bonchev–Trinajstić information content (AvgIpc) is 3.44. The van der Waals surface area contributed by atoms with Crippen LogP contribution >= 0.6 is 0 Å². The molecule has 0 spiro atoms. The number of esters is 1. The minimum absolute atomic E-state index is 0.0222. The molecule has 0 radical (unpaired) electrons. The van der Waals surface area contributed by atoms with Crippen LogP contribution in [0.3, 0.4) is 0 Å². The second-order valence-electron chi connectivity index (χ2n) is 24.6. The second-order valence-corrected chi connectivity index (χ2v) is 24.6. The van der Waals surface area contributed by atoms with Crippen molar-refractivity contribution in [3.05, 3.63) is 24.3 Å². The van der Waals surface area contributed by atoms with E-state index in [1.54, 1.807) is 6.08 Å². The lowest BCUT2D eigenvalue weighted by Crippen LogP contribution is -2.45. The van der Waals surface area contributed by atoms with Gasteiger partial charge in [-0.2, -0.15) is 0 Å². The lowest BCUT2D eigenvalue weighted by atomic mass is 10.0. The highest BCUT2D eigenvalue weighted by atomic mass is 16.5. The molecule has 0 saturated carbocycles. The number of amides is 1. The summed E-state index contributed by atoms with van der Waals surface area (Å²) in [5.41, 5.74) is 0. The first kappa shape index (κ1) is 76.3. The Morgan fingerprint density at radius 2 is 0.603 bits per heavy atom. The zero-order valence-electron chi connectivity index (χ0n) is 52.9. The molecule has 0 aromatic heterocycles. The van der Waals surface area contributed by atoms with Gasteiger partial charge in [0, 0.05) is 12.8 Å². The molecule has 78 heavy (non-hydrogen) atoms. The fourth-order valence-corrected chi connectivity index (χ4v) is 11.3. The van der Waals surface area contributed by atoms with Crippen LogP contribution in [0.1, 0.15) is 399 Å². The Morgan fingerprint density at radius 1 is 0.346 bits per heavy atom. The summed E-state index contributed by atoms with van der Waals surface area (Å²) in [6, 6.07) is -0.625. The summed E-state index contributed by atoms with van der Waals surface area (Å²) in [5, 5.41) is 23.1. The minimum Gasteiger partial charge on any atom is -0.466 e. The summed E-state index contributed by atoms with van der Waals surface area (Å²) in [7, 11) is 0. The second kappa shape index (κ2) is 67.8. The van der Waals surface area contributed by atoms with Crippen molar-refractivity contribution in [3.8, 4) is 0 Å². The third-order valence-electron chi connectivity index (χ3n) is 16.7. The van der Waals surface area contributed by atoms with Crippen molar-refractivity contribution in [2.24, 2.45) is 0 Å². The Balaban J connectivity index is 3.34. The van der Waals surface area contributed by atoms with Crippen LogP contribution in [-0.2, 0) is 14.3 Å². The maximum atomic E-state index is 12.5. The number of rotatable bonds is 67. The highest BCUT2D eigenvalue weighted by molar-refractivity contribution is 5.76. The van der Waals surface area contributed by atoms with Gasteiger partial charge < -0.3 is 20.3 Å². The third kappa shape index (κ3) is 63.5. The molecule has 0 fully saturated rings. The third-order valence-corrected chi connectivity index (χ3v) is 16.7. The summed E-state index contributed by atoms with van der Waals surface area (Å²) in [5.74, 6) is -0.0432. The van der Waals surface area contributed by atoms with E-state index >= 15 is 0 Å². The quantitative estimate of drug-likeness (QED) is 0.0320. The van der Waals surface area contributed by atoms with Gasteiger partial charge in [-0.1, -0.05) is 353 Å². The van der Waals surface area contributed by atoms with Crippen LogP contribution in [0, 0.1) is 0 Å². The maximum Gasteiger partial charge on any atom is 0.305 e. The van der Waals surface area contributed by atoms with E-state index in [0.717, 1.165) is 38.5 Å². The standard InChI is InChI=1S/C72H139NO5/c1-3-5-7-9-11-13-15-17-18-19-32-36-39-42-46-50-54-58-62-66-72(77)78-67-63-59-55-51-47-43-40-37-34-31-29-27-25-23-21-20-22-24-26-28-30-33-35-38-41-45-49-53-57-61-65-71(76)73-69(68-74)70(75)64-60-56-52-48-44-16-14-12-10-8-6-4-2/h21,23,60,64,69-70,74-75H,3-20,22,24-59,61-63,65-68H2,1-2H3,(H,73,76)/b23-21-,64-60+. The van der Waals surface area contributed by atoms with Crippen molar-refractivity contribution >= 4 is 11.9 Å². The lowest BCUT2D eigenvalue weighted by molar-refractivity contribution is -0.143. The zero-order valence-corrected chi connectivity index (χ0v) is 52.9. The van der Waals surface area contributed by atoms with Gasteiger partial charge >= 0.3 is 5.97 Å². The van der Waals surface area contributed by atoms with Gasteiger partial charge in [0.2, 0.25) is 5.91 Å². The van der Waals surface area contributed by atoms with Crippen molar-refractivity contribution in [2.75, 3.05) is 13.2 Å². The van der Waals surface area contributed by atoms with Crippen LogP contribution in [0.25, 0.3) is 0 Å². The van der Waals surface area contributed by atoms with E-state index < -0.39 is 12.1 Å². The molecule has 462 valence electrons. The van der Waals surface area contributed by atoms with Crippen LogP contribution in [0.2, 0.25) is 0 Å². The topological polar surface area (TPSA) is 95.9 Å². The molecular weight excluding hydrogens is 959 g/mol. The van der Waals surface area contributed by atoms with E-state index in [2.05, 4.69) is 31.3 Å². The van der Waals surface area contributed by atoms with Gasteiger partial charge in [-0.05, 0) is 57.8 Å². The number of carbonyl (C=O) groups is 2. The van der Waals surface area contributed by atoms with E-state index in [4.69, 9.17) is 4.74 Å². The molecule has 0 aromatic carbocycles. The van der Waals surface area contributed by atoms with E-state index in [0.29, 0.717) is 19.4 Å². The highest BCUT2D eigenvalue weighted by Crippen LogP contribution is 2.19. The Kier molecular flexibility index (Phi) is 66.4. The predicted octanol–water partition coefficient (Wildman–Crippen LogP) is 22.9. The van der Waals surface area contributed by atoms with Gasteiger partial charge in [-0.25, -0.2) is 0 Å². The van der Waals surface area contributed by atoms with Gasteiger partial charge in [-0.15, -0.1) is 0 Å². The summed E-state index contributed by atoms with van der Waals surface area (Å²) in [6.07, 6.45) is 85.6. The van der Waals surface area contributed by atoms with Crippen LogP contribution in [0.5, 0.6) is 0 Å². The highest BCUT2D eigenvalue weighted by Gasteiger charge is 2.18. The largest absolute Gasteiger partial charge is 0.466 e. The molecule has 0 rings (SSSR count). The molecule has 3 N–H and O–H groups in total. The van der Waals surface area contributed by atoms with Gasteiger partial charge in [-0.3, -0.25) is 9.59 Å². The SMILES string of the molecule is CCCCCCCCCCCC/C=C/C(O)C(CO)NC(=O)CCCCCCCCCCCCCCCC/C=C\CCCCCCCCCCCCCCOC(=O)CCCCCCCCCCCCCCCCCCCCC. The van der Waals surface area contributed by atoms with E-state index in [9.17, 15) is 19.8 Å². The Hall–Kier alpha value is -1.66. The molecule has 0 heterocycles. The molecule has 6 nitrogen and oxygen atoms in total. The van der Waals surface area contributed by atoms with E-state index in [-0.39, 0.29) is 18.5 Å². The van der Waals surface area contributed by atoms with Crippen molar-refractivity contribution in [2.45, 2.75) is 411 Å². The van der Waals surface area contributed by atoms with Gasteiger partial charge in [0.25, 0.3) is 0 Å². The van der Waals surface area contributed by atoms with E-state index in [1.807, 2.05) is 6.08 Å². The number of hydrogen-bond acceptors (Lipinski definition) is 5. The number of aliphatic hydroxyl groups is 2. The Bertz CT molecular complexity index is 1220. The Labute approximate surface area is 488 Å². The van der Waals surface area contributed by atoms with E-state index in [1.165, 1.54) is 334 Å². The maximum absolute atomic E-state index is 12.5. The molecule has 0 aliphatic carbocycles. The summed E-state index contributed by atoms with van der Waals surface area (Å²) >= 11 is 0. The molecule has 2 atom stereocenters. The van der Waals surface area contributed by atoms with Crippen molar-refractivity contribution in [3.63, 3.8) is 0 Å². The normalized spacial score (nSPS) is 12.6. The molecule has 0 aliphatic rings. The van der Waals surface area contributed by atoms with Crippen molar-refractivity contribution in [1.29, 1.82) is 0 Å². The molecule has 0 aliphatic heterocycles. The first-order valence-corrected chi connectivity index (χ1v) is 35.6. The number of hydrogen-bond donors (Lipinski definition) is 3. The number of aliphatic hydroxyl groups excluding tert-OH is 2. The summed E-state index contributed by atoms with van der Waals surface area (Å²) in [4.78, 5) is 24.6. The molecule has 0 saturated heterocycles. The lowest BCUT2D eigenvalue weighted by Gasteiger charge is -2.20. The van der Waals surface area contributed by atoms with Gasteiger partial charge in [0.05, 0.1) is 25.4 Å². The molecular formula is C72H139NO5. The first-order valence-electron chi connectivity index (χ1n) is 35.6. The zero-order chi connectivity index (χ0) is 56.4. The summed E-state index contributed by atoms with van der Waals surface area (Å²) < 4.78 is 5.51. The number of carbonyl (C=O) groups excluding carboxylic acids is 2. The van der Waals surface area contributed by atoms with Crippen LogP contribution in [0.4, 0.5) is 0 Å². The molecule has 6 heteroatoms. The van der Waals surface area contributed by atoms with Crippen LogP contribution in [0.15, 0.2) is 24.3 Å². The molecule has 1 amide bonds. The summed E-state index contributed by atoms with van der Waals surface area (Å²) in [6.45, 7) is 4.93. The average molecular weight is 1100 g/mol. The van der Waals surface area contributed by atoms with Crippen LogP contribution in [-0.4, -0.2) is 47.4 Å². The Morgan fingerprint density at radius 3 is 0.910 bits per heavy atom. The fourth-order valence-electron chi connectivity index (χ4n) is 11.3. The minimum atomic E-state index is -0.842. The smallest absolute Gasteiger partial charge is 0.305 e. The fraction of sp³-hybridized carbons (Fsp3) is 0.917. The molecule has 0 bridgehead atoms. The van der Waals surface area contributed by atoms with Gasteiger partial charge in [0.1, 0.15) is 0 Å². The number of allylic oxidation sites excluding steroid dienone is 3. The van der Waals surface area contributed by atoms with Crippen molar-refractivity contribution < 1.29 is 24.5 Å². The van der Waals surface area contributed by atoms with Crippen molar-refractivity contribution in [1.82, 2.24) is 5.32 Å².